The molecule has 0 atom stereocenters. The van der Waals surface area contributed by atoms with E-state index in [1.54, 1.807) is 11.7 Å². The van der Waals surface area contributed by atoms with E-state index in [0.29, 0.717) is 24.9 Å². The van der Waals surface area contributed by atoms with Crippen LogP contribution in [-0.4, -0.2) is 33.9 Å². The zero-order valence-corrected chi connectivity index (χ0v) is 13.8. The van der Waals surface area contributed by atoms with Crippen molar-refractivity contribution in [1.82, 2.24) is 25.4 Å². The normalized spacial score (nSPS) is 11.7. The van der Waals surface area contributed by atoms with E-state index in [-0.39, 0.29) is 17.9 Å². The number of aliphatic imine (C=N–C) groups is 1. The Morgan fingerprint density at radius 2 is 2.16 bits per heavy atom. The highest BCUT2D eigenvalue weighted by Gasteiger charge is 2.13. The minimum absolute atomic E-state index is 0.0429. The maximum atomic E-state index is 13.9. The van der Waals surface area contributed by atoms with Gasteiger partial charge in [0.1, 0.15) is 23.7 Å². The molecule has 0 amide bonds. The first-order valence-corrected chi connectivity index (χ1v) is 7.58. The van der Waals surface area contributed by atoms with Gasteiger partial charge in [-0.1, -0.05) is 6.07 Å². The van der Waals surface area contributed by atoms with E-state index in [0.717, 1.165) is 0 Å². The molecule has 136 valence electrons. The topological polar surface area (TPSA) is 76.4 Å². The van der Waals surface area contributed by atoms with E-state index in [9.17, 15) is 13.2 Å². The molecule has 0 saturated heterocycles. The molecule has 10 heteroatoms. The Labute approximate surface area is 142 Å². The van der Waals surface area contributed by atoms with Gasteiger partial charge in [-0.25, -0.2) is 14.4 Å². The van der Waals surface area contributed by atoms with Crippen LogP contribution in [0, 0.1) is 5.82 Å². The summed E-state index contributed by atoms with van der Waals surface area (Å²) in [4.78, 5) is 8.28. The highest BCUT2D eigenvalue weighted by atomic mass is 19.3. The van der Waals surface area contributed by atoms with Crippen LogP contribution < -0.4 is 15.4 Å². The molecule has 1 aromatic heterocycles. The van der Waals surface area contributed by atoms with Gasteiger partial charge in [-0.05, 0) is 19.1 Å². The minimum Gasteiger partial charge on any atom is -0.434 e. The zero-order valence-electron chi connectivity index (χ0n) is 13.8. The second kappa shape index (κ2) is 8.90. The van der Waals surface area contributed by atoms with Gasteiger partial charge >= 0.3 is 6.61 Å². The molecule has 2 aromatic rings. The van der Waals surface area contributed by atoms with E-state index in [1.807, 2.05) is 6.92 Å². The summed E-state index contributed by atoms with van der Waals surface area (Å²) in [5.41, 5.74) is -0.0429. The molecule has 0 bridgehead atoms. The van der Waals surface area contributed by atoms with Crippen molar-refractivity contribution in [2.24, 2.45) is 12.0 Å². The molecule has 25 heavy (non-hydrogen) atoms. The van der Waals surface area contributed by atoms with Crippen LogP contribution in [0.2, 0.25) is 0 Å². The first-order chi connectivity index (χ1) is 12.0. The quantitative estimate of drug-likeness (QED) is 0.585. The van der Waals surface area contributed by atoms with E-state index in [4.69, 9.17) is 0 Å². The molecule has 2 rings (SSSR count). The van der Waals surface area contributed by atoms with Gasteiger partial charge in [0.05, 0.1) is 18.7 Å². The number of hydrogen-bond acceptors (Lipinski definition) is 4. The lowest BCUT2D eigenvalue weighted by atomic mass is 10.2. The van der Waals surface area contributed by atoms with Gasteiger partial charge in [-0.3, -0.25) is 4.68 Å². The summed E-state index contributed by atoms with van der Waals surface area (Å²) in [6.45, 7) is -0.411. The minimum atomic E-state index is -3.04. The lowest BCUT2D eigenvalue weighted by Crippen LogP contribution is -2.37. The SMILES string of the molecule is CCNC(=NCc1c(F)cccc1OC(F)F)NCc1ncnn1C. The van der Waals surface area contributed by atoms with E-state index in [1.165, 1.54) is 24.5 Å². The number of nitrogens with one attached hydrogen (secondary N) is 2. The van der Waals surface area contributed by atoms with E-state index >= 15 is 0 Å². The van der Waals surface area contributed by atoms with Crippen molar-refractivity contribution in [1.29, 1.82) is 0 Å². The highest BCUT2D eigenvalue weighted by molar-refractivity contribution is 5.79. The van der Waals surface area contributed by atoms with Gasteiger partial charge < -0.3 is 15.4 Å². The fourth-order valence-electron chi connectivity index (χ4n) is 2.04. The number of aryl methyl sites for hydroxylation is 1. The Kier molecular flexibility index (Phi) is 6.61. The lowest BCUT2D eigenvalue weighted by molar-refractivity contribution is -0.0506. The van der Waals surface area contributed by atoms with Crippen LogP contribution in [0.25, 0.3) is 0 Å². The summed E-state index contributed by atoms with van der Waals surface area (Å²) < 4.78 is 44.8. The van der Waals surface area contributed by atoms with Crippen molar-refractivity contribution in [2.45, 2.75) is 26.6 Å². The molecule has 0 spiro atoms. The number of guanidine groups is 1. The van der Waals surface area contributed by atoms with Gasteiger partial charge in [0, 0.05) is 13.6 Å². The van der Waals surface area contributed by atoms with Crippen LogP contribution in [0.1, 0.15) is 18.3 Å². The Balaban J connectivity index is 2.11. The summed E-state index contributed by atoms with van der Waals surface area (Å²) in [6.07, 6.45) is 1.42. The van der Waals surface area contributed by atoms with Gasteiger partial charge in [0.25, 0.3) is 0 Å². The zero-order chi connectivity index (χ0) is 18.2. The first kappa shape index (κ1) is 18.6. The van der Waals surface area contributed by atoms with Crippen LogP contribution in [0.3, 0.4) is 0 Å². The third-order valence-electron chi connectivity index (χ3n) is 3.25. The number of alkyl halides is 2. The number of hydrogen-bond donors (Lipinski definition) is 2. The average Bonchev–Trinajstić information content (AvgIpc) is 2.96. The Bertz CT molecular complexity index is 719. The third kappa shape index (κ3) is 5.37. The van der Waals surface area contributed by atoms with Crippen LogP contribution >= 0.6 is 0 Å². The molecule has 0 unspecified atom stereocenters. The fraction of sp³-hybridized carbons (Fsp3) is 0.400. The molecule has 0 saturated carbocycles. The molecule has 1 heterocycles. The van der Waals surface area contributed by atoms with Crippen molar-refractivity contribution < 1.29 is 17.9 Å². The summed E-state index contributed by atoms with van der Waals surface area (Å²) >= 11 is 0. The Morgan fingerprint density at radius 1 is 1.36 bits per heavy atom. The largest absolute Gasteiger partial charge is 0.434 e. The molecular weight excluding hydrogens is 337 g/mol. The monoisotopic (exact) mass is 356 g/mol. The highest BCUT2D eigenvalue weighted by Crippen LogP contribution is 2.24. The number of ether oxygens (including phenoxy) is 1. The van der Waals surface area contributed by atoms with Crippen LogP contribution in [0.4, 0.5) is 13.2 Å². The second-order valence-electron chi connectivity index (χ2n) is 4.94. The van der Waals surface area contributed by atoms with Crippen LogP contribution in [-0.2, 0) is 20.1 Å². The Morgan fingerprint density at radius 3 is 2.80 bits per heavy atom. The molecule has 0 aliphatic carbocycles. The standard InChI is InChI=1S/C15H19F3N6O/c1-3-19-15(21-8-13-22-9-23-24(13)2)20-7-10-11(16)5-4-6-12(10)25-14(17)18/h4-6,9,14H,3,7-8H2,1-2H3,(H2,19,20,21). The summed E-state index contributed by atoms with van der Waals surface area (Å²) in [6, 6.07) is 3.75. The number of rotatable bonds is 7. The van der Waals surface area contributed by atoms with E-state index < -0.39 is 12.4 Å². The molecule has 7 nitrogen and oxygen atoms in total. The molecule has 0 aliphatic heterocycles. The smallest absolute Gasteiger partial charge is 0.387 e. The van der Waals surface area contributed by atoms with Crippen molar-refractivity contribution >= 4 is 5.96 Å². The number of halogens is 3. The average molecular weight is 356 g/mol. The predicted molar refractivity (Wildman–Crippen MR) is 85.7 cm³/mol. The molecule has 0 radical (unpaired) electrons. The molecular formula is C15H19F3N6O. The fourth-order valence-corrected chi connectivity index (χ4v) is 2.04. The lowest BCUT2D eigenvalue weighted by Gasteiger charge is -2.13. The van der Waals surface area contributed by atoms with Crippen molar-refractivity contribution in [3.05, 3.63) is 41.7 Å². The third-order valence-corrected chi connectivity index (χ3v) is 3.25. The molecule has 0 fully saturated rings. The number of nitrogens with zero attached hydrogens (tertiary/aromatic N) is 4. The van der Waals surface area contributed by atoms with Gasteiger partial charge in [-0.2, -0.15) is 13.9 Å². The maximum Gasteiger partial charge on any atom is 0.387 e. The van der Waals surface area contributed by atoms with Crippen molar-refractivity contribution in [3.63, 3.8) is 0 Å². The van der Waals surface area contributed by atoms with E-state index in [2.05, 4.69) is 30.4 Å². The summed E-state index contributed by atoms with van der Waals surface area (Å²) in [7, 11) is 1.75. The van der Waals surface area contributed by atoms with Gasteiger partial charge in [-0.15, -0.1) is 0 Å². The molecule has 1 aromatic carbocycles. The van der Waals surface area contributed by atoms with Gasteiger partial charge in [0.2, 0.25) is 0 Å². The van der Waals surface area contributed by atoms with Gasteiger partial charge in [0.15, 0.2) is 5.96 Å². The maximum absolute atomic E-state index is 13.9. The van der Waals surface area contributed by atoms with Crippen molar-refractivity contribution in [2.75, 3.05) is 6.54 Å². The summed E-state index contributed by atoms with van der Waals surface area (Å²) in [5.74, 6) is 0.170. The number of aromatic nitrogens is 3. The Hall–Kier alpha value is -2.78. The van der Waals surface area contributed by atoms with Crippen LogP contribution in [0.15, 0.2) is 29.5 Å². The first-order valence-electron chi connectivity index (χ1n) is 7.58. The second-order valence-corrected chi connectivity index (χ2v) is 4.94. The molecule has 0 aliphatic rings. The summed E-state index contributed by atoms with van der Waals surface area (Å²) in [5, 5.41) is 9.96. The molecule has 2 N–H and O–H groups in total. The van der Waals surface area contributed by atoms with Crippen LogP contribution in [0.5, 0.6) is 5.75 Å². The number of benzene rings is 1. The predicted octanol–water partition coefficient (Wildman–Crippen LogP) is 1.81. The van der Waals surface area contributed by atoms with Crippen molar-refractivity contribution in [3.8, 4) is 5.75 Å².